The molecule has 7 heteroatoms. The van der Waals surface area contributed by atoms with Crippen LogP contribution in [0.15, 0.2) is 0 Å². The molecule has 1 unspecified atom stereocenters. The summed E-state index contributed by atoms with van der Waals surface area (Å²) in [5.74, 6) is -0.409. The van der Waals surface area contributed by atoms with Crippen LogP contribution in [0.5, 0.6) is 0 Å². The van der Waals surface area contributed by atoms with Crippen molar-refractivity contribution < 1.29 is 23.9 Å². The molecule has 0 N–H and O–H groups in total. The first-order chi connectivity index (χ1) is 14.2. The van der Waals surface area contributed by atoms with Gasteiger partial charge in [0.1, 0.15) is 5.69 Å². The van der Waals surface area contributed by atoms with Gasteiger partial charge in [-0.25, -0.2) is 4.79 Å². The second kappa shape index (κ2) is 10.8. The highest BCUT2D eigenvalue weighted by Crippen LogP contribution is 2.25. The molecule has 0 radical (unpaired) electrons. The van der Waals surface area contributed by atoms with Crippen molar-refractivity contribution in [3.8, 4) is 0 Å². The minimum absolute atomic E-state index is 0.0108. The molecule has 0 spiro atoms. The molecule has 1 aromatic heterocycles. The zero-order chi connectivity index (χ0) is 22.4. The average molecular weight is 421 g/mol. The van der Waals surface area contributed by atoms with E-state index >= 15 is 0 Å². The lowest BCUT2D eigenvalue weighted by molar-refractivity contribution is -0.133. The maximum atomic E-state index is 13.3. The molecule has 1 atom stereocenters. The Morgan fingerprint density at radius 2 is 1.93 bits per heavy atom. The van der Waals surface area contributed by atoms with E-state index in [4.69, 9.17) is 9.47 Å². The van der Waals surface area contributed by atoms with Crippen LogP contribution in [0.1, 0.15) is 79.1 Å². The van der Waals surface area contributed by atoms with E-state index in [-0.39, 0.29) is 36.9 Å². The number of ketones is 1. The van der Waals surface area contributed by atoms with Crippen LogP contribution in [0.4, 0.5) is 0 Å². The van der Waals surface area contributed by atoms with E-state index in [2.05, 4.69) is 0 Å². The second-order valence-electron chi connectivity index (χ2n) is 8.33. The van der Waals surface area contributed by atoms with Gasteiger partial charge in [0.25, 0.3) is 0 Å². The van der Waals surface area contributed by atoms with E-state index in [9.17, 15) is 14.4 Å². The number of hydrogen-bond donors (Lipinski definition) is 0. The van der Waals surface area contributed by atoms with Crippen molar-refractivity contribution in [3.63, 3.8) is 0 Å². The van der Waals surface area contributed by atoms with Crippen molar-refractivity contribution in [2.45, 2.75) is 73.5 Å². The summed E-state index contributed by atoms with van der Waals surface area (Å²) >= 11 is 0. The predicted molar refractivity (Wildman–Crippen MR) is 115 cm³/mol. The Balaban J connectivity index is 2.31. The molecule has 168 valence electrons. The van der Waals surface area contributed by atoms with E-state index in [0.717, 1.165) is 18.5 Å². The molecule has 0 aromatic carbocycles. The van der Waals surface area contributed by atoms with Gasteiger partial charge >= 0.3 is 5.97 Å². The highest BCUT2D eigenvalue weighted by atomic mass is 16.5. The minimum atomic E-state index is -0.425. The Labute approximate surface area is 179 Å². The SMILES string of the molecule is CCOC(=O)c1c(C)c(C(=O)CN(CC2CCCO2)C(=O)CC(C)C)c(C)n1CC. The molecule has 1 saturated heterocycles. The number of rotatable bonds is 10. The van der Waals surface area contributed by atoms with Gasteiger partial charge in [-0.15, -0.1) is 0 Å². The van der Waals surface area contributed by atoms with Crippen LogP contribution in [-0.4, -0.2) is 59.5 Å². The third-order valence-corrected chi connectivity index (χ3v) is 5.55. The van der Waals surface area contributed by atoms with E-state index < -0.39 is 5.97 Å². The number of esters is 1. The summed E-state index contributed by atoms with van der Waals surface area (Å²) in [6.07, 6.45) is 2.25. The number of carbonyl (C=O) groups is 3. The molecule has 1 amide bonds. The van der Waals surface area contributed by atoms with Gasteiger partial charge in [0, 0.05) is 37.4 Å². The summed E-state index contributed by atoms with van der Waals surface area (Å²) in [4.78, 5) is 40.3. The topological polar surface area (TPSA) is 77.8 Å². The largest absolute Gasteiger partial charge is 0.461 e. The summed E-state index contributed by atoms with van der Waals surface area (Å²) < 4.78 is 12.7. The fourth-order valence-electron chi connectivity index (χ4n) is 4.18. The monoisotopic (exact) mass is 420 g/mol. The first kappa shape index (κ1) is 24.1. The summed E-state index contributed by atoms with van der Waals surface area (Å²) in [7, 11) is 0. The van der Waals surface area contributed by atoms with Crippen molar-refractivity contribution in [2.24, 2.45) is 5.92 Å². The molecule has 0 bridgehead atoms. The summed E-state index contributed by atoms with van der Waals surface area (Å²) in [6, 6.07) is 0. The van der Waals surface area contributed by atoms with Gasteiger partial charge in [-0.05, 0) is 52.0 Å². The summed E-state index contributed by atoms with van der Waals surface area (Å²) in [5, 5.41) is 0. The molecular formula is C23H36N2O5. The smallest absolute Gasteiger partial charge is 0.355 e. The quantitative estimate of drug-likeness (QED) is 0.427. The van der Waals surface area contributed by atoms with Crippen LogP contribution in [0, 0.1) is 19.8 Å². The molecule has 30 heavy (non-hydrogen) atoms. The number of carbonyl (C=O) groups excluding carboxylic acids is 3. The van der Waals surface area contributed by atoms with Crippen LogP contribution < -0.4 is 0 Å². The normalized spacial score (nSPS) is 16.2. The highest BCUT2D eigenvalue weighted by Gasteiger charge is 2.30. The average Bonchev–Trinajstić information content (AvgIpc) is 3.26. The number of aromatic nitrogens is 1. The molecular weight excluding hydrogens is 384 g/mol. The van der Waals surface area contributed by atoms with Crippen LogP contribution in [0.2, 0.25) is 0 Å². The maximum absolute atomic E-state index is 13.3. The van der Waals surface area contributed by atoms with Gasteiger partial charge in [0.15, 0.2) is 5.78 Å². The zero-order valence-corrected chi connectivity index (χ0v) is 19.2. The Morgan fingerprint density at radius 1 is 1.23 bits per heavy atom. The lowest BCUT2D eigenvalue weighted by Crippen LogP contribution is -2.41. The molecule has 0 saturated carbocycles. The number of amides is 1. The van der Waals surface area contributed by atoms with Crippen molar-refractivity contribution in [1.29, 1.82) is 0 Å². The van der Waals surface area contributed by atoms with Crippen molar-refractivity contribution in [1.82, 2.24) is 9.47 Å². The molecule has 0 aliphatic carbocycles. The van der Waals surface area contributed by atoms with Crippen LogP contribution in [-0.2, 0) is 20.8 Å². The highest BCUT2D eigenvalue weighted by molar-refractivity contribution is 6.04. The van der Waals surface area contributed by atoms with Gasteiger partial charge < -0.3 is 18.9 Å². The standard InChI is InChI=1S/C23H36N2O5/c1-7-25-17(6)21(16(5)22(25)23(28)29-8-2)19(26)14-24(20(27)12-15(3)4)13-18-10-9-11-30-18/h15,18H,7-14H2,1-6H3. The molecule has 1 fully saturated rings. The number of nitrogens with zero attached hydrogens (tertiary/aromatic N) is 2. The van der Waals surface area contributed by atoms with E-state index in [1.807, 2.05) is 32.3 Å². The molecule has 1 aromatic rings. The molecule has 1 aliphatic rings. The third-order valence-electron chi connectivity index (χ3n) is 5.55. The van der Waals surface area contributed by atoms with Crippen molar-refractivity contribution in [2.75, 3.05) is 26.3 Å². The molecule has 7 nitrogen and oxygen atoms in total. The van der Waals surface area contributed by atoms with Gasteiger partial charge in [-0.3, -0.25) is 9.59 Å². The van der Waals surface area contributed by atoms with Crippen LogP contribution in [0.25, 0.3) is 0 Å². The lowest BCUT2D eigenvalue weighted by Gasteiger charge is -2.26. The fraction of sp³-hybridized carbons (Fsp3) is 0.696. The number of ether oxygens (including phenoxy) is 2. The Hall–Kier alpha value is -2.15. The number of Topliss-reactive ketones (excluding diaryl/α,β-unsaturated/α-hetero) is 1. The van der Waals surface area contributed by atoms with Crippen LogP contribution >= 0.6 is 0 Å². The van der Waals surface area contributed by atoms with Crippen LogP contribution in [0.3, 0.4) is 0 Å². The minimum Gasteiger partial charge on any atom is -0.461 e. The Bertz CT molecular complexity index is 775. The van der Waals surface area contributed by atoms with E-state index in [0.29, 0.717) is 42.9 Å². The molecule has 2 rings (SSSR count). The maximum Gasteiger partial charge on any atom is 0.355 e. The first-order valence-corrected chi connectivity index (χ1v) is 11.0. The molecule has 2 heterocycles. The van der Waals surface area contributed by atoms with Crippen molar-refractivity contribution in [3.05, 3.63) is 22.5 Å². The second-order valence-corrected chi connectivity index (χ2v) is 8.33. The number of hydrogen-bond acceptors (Lipinski definition) is 5. The van der Waals surface area contributed by atoms with Gasteiger partial charge in [-0.1, -0.05) is 13.8 Å². The third kappa shape index (κ3) is 5.50. The zero-order valence-electron chi connectivity index (χ0n) is 19.2. The van der Waals surface area contributed by atoms with Gasteiger partial charge in [0.2, 0.25) is 5.91 Å². The Kier molecular flexibility index (Phi) is 8.65. The summed E-state index contributed by atoms with van der Waals surface area (Å²) in [5.41, 5.74) is 2.27. The van der Waals surface area contributed by atoms with E-state index in [1.54, 1.807) is 18.7 Å². The summed E-state index contributed by atoms with van der Waals surface area (Å²) in [6.45, 7) is 13.2. The van der Waals surface area contributed by atoms with Gasteiger partial charge in [0.05, 0.1) is 19.3 Å². The predicted octanol–water partition coefficient (Wildman–Crippen LogP) is 3.54. The van der Waals surface area contributed by atoms with Gasteiger partial charge in [-0.2, -0.15) is 0 Å². The molecule has 1 aliphatic heterocycles. The lowest BCUT2D eigenvalue weighted by atomic mass is 10.0. The van der Waals surface area contributed by atoms with Crippen molar-refractivity contribution >= 4 is 17.7 Å². The first-order valence-electron chi connectivity index (χ1n) is 11.0. The van der Waals surface area contributed by atoms with E-state index in [1.165, 1.54) is 0 Å². The fourth-order valence-corrected chi connectivity index (χ4v) is 4.18. The Morgan fingerprint density at radius 3 is 2.47 bits per heavy atom.